The molecule has 0 amide bonds. The maximum absolute atomic E-state index is 10.4. The van der Waals surface area contributed by atoms with E-state index >= 15 is 0 Å². The van der Waals surface area contributed by atoms with Crippen LogP contribution in [0.1, 0.15) is 22.3 Å². The lowest BCUT2D eigenvalue weighted by molar-refractivity contribution is -0.351. The van der Waals surface area contributed by atoms with Gasteiger partial charge in [0.15, 0.2) is 12.6 Å². The molecule has 0 aliphatic carbocycles. The largest absolute Gasteiger partial charge is 0.368 e. The molecule has 5 atom stereocenters. The summed E-state index contributed by atoms with van der Waals surface area (Å²) in [5.41, 5.74) is 3.82. The van der Waals surface area contributed by atoms with Gasteiger partial charge < -0.3 is 33.9 Å². The van der Waals surface area contributed by atoms with Crippen LogP contribution in [0.15, 0.2) is 121 Å². The van der Waals surface area contributed by atoms with Gasteiger partial charge in [-0.1, -0.05) is 121 Å². The molecule has 0 radical (unpaired) electrons. The maximum Gasteiger partial charge on any atom is 0.187 e. The number of ether oxygens (including phenoxy) is 5. The number of hydrogen-bond acceptors (Lipinski definition) is 7. The first-order valence-corrected chi connectivity index (χ1v) is 13.8. The van der Waals surface area contributed by atoms with Crippen LogP contribution in [0.3, 0.4) is 0 Å². The number of benzene rings is 4. The second-order valence-corrected chi connectivity index (χ2v) is 9.96. The van der Waals surface area contributed by atoms with Gasteiger partial charge in [0.05, 0.1) is 26.4 Å². The summed E-state index contributed by atoms with van der Waals surface area (Å²) in [5, 5.41) is 20.9. The van der Waals surface area contributed by atoms with Gasteiger partial charge in [0, 0.05) is 0 Å². The zero-order valence-corrected chi connectivity index (χ0v) is 22.8. The fourth-order valence-electron chi connectivity index (χ4n) is 4.82. The molecule has 4 aromatic carbocycles. The highest BCUT2D eigenvalue weighted by Crippen LogP contribution is 2.32. The smallest absolute Gasteiger partial charge is 0.187 e. The fourth-order valence-corrected chi connectivity index (χ4v) is 4.82. The third-order valence-electron chi connectivity index (χ3n) is 6.94. The molecule has 0 aromatic heterocycles. The van der Waals surface area contributed by atoms with E-state index < -0.39 is 37.0 Å². The van der Waals surface area contributed by atoms with Gasteiger partial charge in [0.1, 0.15) is 24.4 Å². The van der Waals surface area contributed by atoms with Gasteiger partial charge in [-0.2, -0.15) is 0 Å². The van der Waals surface area contributed by atoms with Gasteiger partial charge in [-0.25, -0.2) is 0 Å². The van der Waals surface area contributed by atoms with Crippen molar-refractivity contribution in [2.45, 2.75) is 63.4 Å². The molecule has 7 heteroatoms. The van der Waals surface area contributed by atoms with Crippen molar-refractivity contribution in [3.05, 3.63) is 144 Å². The van der Waals surface area contributed by atoms with Crippen molar-refractivity contribution in [3.63, 3.8) is 0 Å². The highest BCUT2D eigenvalue weighted by atomic mass is 16.7. The van der Waals surface area contributed by atoms with Gasteiger partial charge >= 0.3 is 0 Å². The van der Waals surface area contributed by atoms with Crippen LogP contribution in [-0.2, 0) is 50.1 Å². The molecule has 1 fully saturated rings. The van der Waals surface area contributed by atoms with Crippen molar-refractivity contribution in [2.75, 3.05) is 0 Å². The summed E-state index contributed by atoms with van der Waals surface area (Å²) < 4.78 is 31.7. The monoisotopic (exact) mass is 556 g/mol. The molecule has 0 unspecified atom stereocenters. The van der Waals surface area contributed by atoms with Gasteiger partial charge in [0.2, 0.25) is 0 Å². The van der Waals surface area contributed by atoms with Crippen LogP contribution >= 0.6 is 0 Å². The third kappa shape index (κ3) is 8.31. The van der Waals surface area contributed by atoms with E-state index in [2.05, 4.69) is 0 Å². The van der Waals surface area contributed by atoms with E-state index in [1.54, 1.807) is 0 Å². The summed E-state index contributed by atoms with van der Waals surface area (Å²) in [6, 6.07) is 39.0. The molecular formula is C34H36O7. The van der Waals surface area contributed by atoms with Crippen molar-refractivity contribution >= 4 is 0 Å². The lowest BCUT2D eigenvalue weighted by atomic mass is 9.97. The molecule has 0 saturated carbocycles. The first-order chi connectivity index (χ1) is 20.2. The molecule has 4 aromatic rings. The molecular weight excluding hydrogens is 520 g/mol. The van der Waals surface area contributed by atoms with Crippen LogP contribution in [0, 0.1) is 0 Å². The lowest BCUT2D eigenvalue weighted by Gasteiger charge is -2.46. The molecule has 5 rings (SSSR count). The highest BCUT2D eigenvalue weighted by Gasteiger charge is 2.51. The first-order valence-electron chi connectivity index (χ1n) is 13.8. The molecule has 1 heterocycles. The van der Waals surface area contributed by atoms with Gasteiger partial charge in [-0.05, 0) is 22.3 Å². The van der Waals surface area contributed by atoms with E-state index in [4.69, 9.17) is 23.7 Å². The SMILES string of the molecule is OC(O)[C@H]1O[C@H](OCc2ccccc2)[C@H](OCc2ccccc2)[C@@H](OCc2ccccc2)[C@@H]1OCc1ccccc1. The lowest BCUT2D eigenvalue weighted by Crippen LogP contribution is -2.63. The average Bonchev–Trinajstić information content (AvgIpc) is 3.03. The minimum absolute atomic E-state index is 0.226. The molecule has 214 valence electrons. The van der Waals surface area contributed by atoms with Crippen LogP contribution in [0.25, 0.3) is 0 Å². The summed E-state index contributed by atoms with van der Waals surface area (Å²) >= 11 is 0. The van der Waals surface area contributed by atoms with Crippen LogP contribution in [0.5, 0.6) is 0 Å². The molecule has 0 bridgehead atoms. The molecule has 1 aliphatic rings. The summed E-state index contributed by atoms with van der Waals surface area (Å²) in [5.74, 6) is 0. The predicted molar refractivity (Wildman–Crippen MR) is 153 cm³/mol. The maximum atomic E-state index is 10.4. The quantitative estimate of drug-likeness (QED) is 0.224. The molecule has 7 nitrogen and oxygen atoms in total. The number of aliphatic hydroxyl groups excluding tert-OH is 1. The van der Waals surface area contributed by atoms with Gasteiger partial charge in [-0.15, -0.1) is 0 Å². The van der Waals surface area contributed by atoms with E-state index in [1.165, 1.54) is 0 Å². The van der Waals surface area contributed by atoms with Gasteiger partial charge in [-0.3, -0.25) is 0 Å². The molecule has 1 aliphatic heterocycles. The molecule has 41 heavy (non-hydrogen) atoms. The number of aliphatic hydroxyl groups is 2. The third-order valence-corrected chi connectivity index (χ3v) is 6.94. The van der Waals surface area contributed by atoms with Crippen LogP contribution in [0.2, 0.25) is 0 Å². The number of hydrogen-bond donors (Lipinski definition) is 2. The summed E-state index contributed by atoms with van der Waals surface area (Å²) in [6.07, 6.45) is -6.28. The van der Waals surface area contributed by atoms with Gasteiger partial charge in [0.25, 0.3) is 0 Å². The van der Waals surface area contributed by atoms with E-state index in [-0.39, 0.29) is 26.4 Å². The van der Waals surface area contributed by atoms with Crippen molar-refractivity contribution in [1.29, 1.82) is 0 Å². The predicted octanol–water partition coefficient (Wildman–Crippen LogP) is 5.00. The second-order valence-electron chi connectivity index (χ2n) is 9.96. The zero-order chi connectivity index (χ0) is 28.3. The Morgan fingerprint density at radius 1 is 0.463 bits per heavy atom. The van der Waals surface area contributed by atoms with E-state index in [0.29, 0.717) is 0 Å². The Hall–Kier alpha value is -3.40. The average molecular weight is 557 g/mol. The standard InChI is InChI=1S/C34H36O7/c35-33(36)31-29(37-21-25-13-5-1-6-14-25)30(38-22-26-15-7-2-8-16-26)32(39-23-27-17-9-3-10-18-27)34(41-31)40-24-28-19-11-4-12-20-28/h1-20,29-36H,21-24H2/t29-,30-,31-,32+,34-/m0/s1. The Labute approximate surface area is 240 Å². The van der Waals surface area contributed by atoms with E-state index in [9.17, 15) is 10.2 Å². The normalized spacial score (nSPS) is 22.6. The number of rotatable bonds is 13. The van der Waals surface area contributed by atoms with E-state index in [1.807, 2.05) is 121 Å². The fraction of sp³-hybridized carbons (Fsp3) is 0.294. The second kappa shape index (κ2) is 15.0. The molecule has 1 saturated heterocycles. The van der Waals surface area contributed by atoms with Crippen LogP contribution in [-0.4, -0.2) is 47.2 Å². The summed E-state index contributed by atoms with van der Waals surface area (Å²) in [7, 11) is 0. The molecule has 2 N–H and O–H groups in total. The Morgan fingerprint density at radius 2 is 0.805 bits per heavy atom. The Bertz CT molecular complexity index is 1270. The summed E-state index contributed by atoms with van der Waals surface area (Å²) in [4.78, 5) is 0. The topological polar surface area (TPSA) is 86.6 Å². The van der Waals surface area contributed by atoms with Crippen molar-refractivity contribution in [1.82, 2.24) is 0 Å². The van der Waals surface area contributed by atoms with Crippen LogP contribution in [0.4, 0.5) is 0 Å². The summed E-state index contributed by atoms with van der Waals surface area (Å²) in [6.45, 7) is 1.01. The van der Waals surface area contributed by atoms with Crippen molar-refractivity contribution < 1.29 is 33.9 Å². The molecule has 0 spiro atoms. The Morgan fingerprint density at radius 3 is 1.20 bits per heavy atom. The first kappa shape index (κ1) is 29.1. The van der Waals surface area contributed by atoms with E-state index in [0.717, 1.165) is 22.3 Å². The zero-order valence-electron chi connectivity index (χ0n) is 22.8. The van der Waals surface area contributed by atoms with Crippen molar-refractivity contribution in [3.8, 4) is 0 Å². The Balaban J connectivity index is 1.44. The minimum Gasteiger partial charge on any atom is -0.368 e. The van der Waals surface area contributed by atoms with Crippen molar-refractivity contribution in [2.24, 2.45) is 0 Å². The highest BCUT2D eigenvalue weighted by molar-refractivity contribution is 5.16. The van der Waals surface area contributed by atoms with Crippen LogP contribution < -0.4 is 0 Å². The minimum atomic E-state index is -1.84. The Kier molecular flexibility index (Phi) is 10.7.